The molecule has 1 aromatic heterocycles. The topological polar surface area (TPSA) is 37.3 Å². The van der Waals surface area contributed by atoms with Crippen molar-refractivity contribution in [3.63, 3.8) is 0 Å². The highest BCUT2D eigenvalue weighted by molar-refractivity contribution is 5.81. The van der Waals surface area contributed by atoms with E-state index in [2.05, 4.69) is 15.3 Å². The second-order valence-corrected chi connectivity index (χ2v) is 2.18. The molecule has 0 radical (unpaired) electrons. The lowest BCUT2D eigenvalue weighted by molar-refractivity contribution is 1.32. The van der Waals surface area contributed by atoms with Crippen LogP contribution in [-0.2, 0) is 0 Å². The zero-order valence-corrected chi connectivity index (χ0v) is 5.86. The van der Waals surface area contributed by atoms with Gasteiger partial charge in [-0.05, 0) is 18.2 Å². The number of nitrogens with one attached hydrogen (secondary N) is 1. The molecule has 0 saturated carbocycles. The Bertz CT molecular complexity index is 315. The molecular formula is C8H7N3. The van der Waals surface area contributed by atoms with E-state index in [9.17, 15) is 0 Å². The van der Waals surface area contributed by atoms with Gasteiger partial charge in [-0.2, -0.15) is 0 Å². The standard InChI is InChI=1S/C8H7N3/c1-2-7-3-5-9-6-11-8(7)10-4-1/h1-6H,(H,9,10,11). The molecule has 0 aliphatic carbocycles. The van der Waals surface area contributed by atoms with Crippen molar-refractivity contribution in [2.45, 2.75) is 0 Å². The Morgan fingerprint density at radius 2 is 2.36 bits per heavy atom. The molecule has 0 bridgehead atoms. The fraction of sp³-hybridized carbons (Fsp3) is 0. The van der Waals surface area contributed by atoms with Crippen LogP contribution in [0.15, 0.2) is 29.5 Å². The summed E-state index contributed by atoms with van der Waals surface area (Å²) in [5, 5.41) is 2.96. The molecule has 1 aromatic rings. The highest BCUT2D eigenvalue weighted by Gasteiger charge is 1.98. The SMILES string of the molecule is C1=Cc2cccnc2NC=N1. The van der Waals surface area contributed by atoms with E-state index in [1.54, 1.807) is 18.7 Å². The first kappa shape index (κ1) is 6.09. The molecule has 0 spiro atoms. The van der Waals surface area contributed by atoms with Crippen molar-refractivity contribution >= 4 is 18.2 Å². The van der Waals surface area contributed by atoms with Crippen molar-refractivity contribution in [3.8, 4) is 0 Å². The lowest BCUT2D eigenvalue weighted by Crippen LogP contribution is -1.97. The van der Waals surface area contributed by atoms with Gasteiger partial charge in [0.05, 0.1) is 6.34 Å². The van der Waals surface area contributed by atoms with Gasteiger partial charge in [0, 0.05) is 18.0 Å². The summed E-state index contributed by atoms with van der Waals surface area (Å²) in [6, 6.07) is 3.89. The second-order valence-electron chi connectivity index (χ2n) is 2.18. The van der Waals surface area contributed by atoms with Crippen LogP contribution in [0.2, 0.25) is 0 Å². The third-order valence-electron chi connectivity index (χ3n) is 1.45. The maximum absolute atomic E-state index is 4.13. The lowest BCUT2D eigenvalue weighted by atomic mass is 10.2. The van der Waals surface area contributed by atoms with Gasteiger partial charge >= 0.3 is 0 Å². The summed E-state index contributed by atoms with van der Waals surface area (Å²) in [5.41, 5.74) is 1.06. The molecule has 0 atom stereocenters. The van der Waals surface area contributed by atoms with Crippen LogP contribution in [0.5, 0.6) is 0 Å². The number of hydrogen-bond donors (Lipinski definition) is 1. The summed E-state index contributed by atoms with van der Waals surface area (Å²) in [5.74, 6) is 0.852. The van der Waals surface area contributed by atoms with Gasteiger partial charge in [0.25, 0.3) is 0 Å². The van der Waals surface area contributed by atoms with Crippen molar-refractivity contribution in [1.29, 1.82) is 0 Å². The predicted octanol–water partition coefficient (Wildman–Crippen LogP) is 1.51. The van der Waals surface area contributed by atoms with E-state index in [0.717, 1.165) is 11.4 Å². The Morgan fingerprint density at radius 3 is 3.36 bits per heavy atom. The zero-order valence-electron chi connectivity index (χ0n) is 5.86. The summed E-state index contributed by atoms with van der Waals surface area (Å²) in [7, 11) is 0. The van der Waals surface area contributed by atoms with Crippen LogP contribution in [0.3, 0.4) is 0 Å². The van der Waals surface area contributed by atoms with Crippen LogP contribution in [0.1, 0.15) is 5.56 Å². The number of fused-ring (bicyclic) bond motifs is 1. The summed E-state index contributed by atoms with van der Waals surface area (Å²) >= 11 is 0. The zero-order chi connectivity index (χ0) is 7.52. The number of rotatable bonds is 0. The molecule has 0 fully saturated rings. The average Bonchev–Trinajstić information content (AvgIpc) is 2.28. The van der Waals surface area contributed by atoms with Gasteiger partial charge in [0.2, 0.25) is 0 Å². The van der Waals surface area contributed by atoms with Gasteiger partial charge in [-0.15, -0.1) is 0 Å². The number of aromatic nitrogens is 1. The predicted molar refractivity (Wildman–Crippen MR) is 45.4 cm³/mol. The number of hydrogen-bond acceptors (Lipinski definition) is 3. The summed E-state index contributed by atoms with van der Waals surface area (Å²) in [6.45, 7) is 0. The largest absolute Gasteiger partial charge is 0.331 e. The van der Waals surface area contributed by atoms with E-state index >= 15 is 0 Å². The minimum Gasteiger partial charge on any atom is -0.331 e. The molecule has 2 heterocycles. The lowest BCUT2D eigenvalue weighted by Gasteiger charge is -1.99. The van der Waals surface area contributed by atoms with Crippen molar-refractivity contribution < 1.29 is 0 Å². The molecule has 0 saturated heterocycles. The molecule has 0 aromatic carbocycles. The van der Waals surface area contributed by atoms with Gasteiger partial charge in [0.1, 0.15) is 5.82 Å². The number of anilines is 1. The highest BCUT2D eigenvalue weighted by atomic mass is 15.0. The smallest absolute Gasteiger partial charge is 0.138 e. The van der Waals surface area contributed by atoms with Crippen molar-refractivity contribution in [2.75, 3.05) is 5.32 Å². The number of nitrogens with zero attached hydrogens (tertiary/aromatic N) is 2. The molecular weight excluding hydrogens is 138 g/mol. The summed E-state index contributed by atoms with van der Waals surface area (Å²) in [4.78, 5) is 8.05. The Morgan fingerprint density at radius 1 is 1.36 bits per heavy atom. The Labute approximate surface area is 64.5 Å². The van der Waals surface area contributed by atoms with Gasteiger partial charge in [-0.3, -0.25) is 0 Å². The highest BCUT2D eigenvalue weighted by Crippen LogP contribution is 2.13. The van der Waals surface area contributed by atoms with Crippen LogP contribution in [0.25, 0.3) is 6.08 Å². The summed E-state index contributed by atoms with van der Waals surface area (Å²) < 4.78 is 0. The van der Waals surface area contributed by atoms with E-state index in [1.165, 1.54) is 0 Å². The van der Waals surface area contributed by atoms with E-state index in [1.807, 2.05) is 18.2 Å². The molecule has 3 heteroatoms. The fourth-order valence-electron chi connectivity index (χ4n) is 0.938. The first-order valence-corrected chi connectivity index (χ1v) is 3.36. The Balaban J connectivity index is 2.52. The first-order valence-electron chi connectivity index (χ1n) is 3.36. The second kappa shape index (κ2) is 2.54. The third-order valence-corrected chi connectivity index (χ3v) is 1.45. The first-order chi connectivity index (χ1) is 5.47. The monoisotopic (exact) mass is 145 g/mol. The maximum atomic E-state index is 4.13. The quantitative estimate of drug-likeness (QED) is 0.600. The van der Waals surface area contributed by atoms with E-state index in [4.69, 9.17) is 0 Å². The van der Waals surface area contributed by atoms with Crippen LogP contribution in [-0.4, -0.2) is 11.3 Å². The molecule has 11 heavy (non-hydrogen) atoms. The maximum Gasteiger partial charge on any atom is 0.138 e. The molecule has 1 aliphatic heterocycles. The molecule has 2 rings (SSSR count). The molecule has 3 nitrogen and oxygen atoms in total. The Kier molecular flexibility index (Phi) is 1.41. The molecule has 0 amide bonds. The molecule has 0 unspecified atom stereocenters. The van der Waals surface area contributed by atoms with Crippen LogP contribution < -0.4 is 5.32 Å². The normalized spacial score (nSPS) is 13.5. The molecule has 1 aliphatic rings. The fourth-order valence-corrected chi connectivity index (χ4v) is 0.938. The molecule has 1 N–H and O–H groups in total. The van der Waals surface area contributed by atoms with Crippen LogP contribution in [0.4, 0.5) is 5.82 Å². The minimum absolute atomic E-state index is 0.852. The average molecular weight is 145 g/mol. The van der Waals surface area contributed by atoms with Crippen molar-refractivity contribution in [3.05, 3.63) is 30.1 Å². The van der Waals surface area contributed by atoms with Crippen molar-refractivity contribution in [1.82, 2.24) is 4.98 Å². The van der Waals surface area contributed by atoms with Gasteiger partial charge in [-0.1, -0.05) is 0 Å². The van der Waals surface area contributed by atoms with Crippen molar-refractivity contribution in [2.24, 2.45) is 4.99 Å². The van der Waals surface area contributed by atoms with Gasteiger partial charge in [-0.25, -0.2) is 9.98 Å². The Hall–Kier alpha value is -1.64. The van der Waals surface area contributed by atoms with Gasteiger partial charge < -0.3 is 5.32 Å². The minimum atomic E-state index is 0.852. The summed E-state index contributed by atoms with van der Waals surface area (Å²) in [6.07, 6.45) is 7.02. The number of aliphatic imine (C=N–C) groups is 1. The van der Waals surface area contributed by atoms with E-state index in [0.29, 0.717) is 0 Å². The van der Waals surface area contributed by atoms with Crippen LogP contribution in [0, 0.1) is 0 Å². The van der Waals surface area contributed by atoms with Gasteiger partial charge in [0.15, 0.2) is 0 Å². The third kappa shape index (κ3) is 1.12. The van der Waals surface area contributed by atoms with Crippen LogP contribution >= 0.6 is 0 Å². The van der Waals surface area contributed by atoms with E-state index in [-0.39, 0.29) is 0 Å². The van der Waals surface area contributed by atoms with E-state index < -0.39 is 0 Å². The molecule has 54 valence electrons. The number of pyridine rings is 1.